The maximum Gasteiger partial charge on any atom is 0.306 e. The summed E-state index contributed by atoms with van der Waals surface area (Å²) in [6.07, 6.45) is 52.0. The molecule has 0 aromatic rings. The molecule has 0 spiro atoms. The summed E-state index contributed by atoms with van der Waals surface area (Å²) in [7, 11) is 5.42. The maximum atomic E-state index is 12.8. The first-order valence-electron chi connectivity index (χ1n) is 26.4. The zero-order valence-corrected chi connectivity index (χ0v) is 41.6. The van der Waals surface area contributed by atoms with Gasteiger partial charge in [0.25, 0.3) is 0 Å². The van der Waals surface area contributed by atoms with E-state index in [1.165, 1.54) is 180 Å². The topological polar surface area (TPSA) is 102 Å². The molecule has 0 saturated carbocycles. The second-order valence-electron chi connectivity index (χ2n) is 19.1. The van der Waals surface area contributed by atoms with Crippen molar-refractivity contribution in [3.05, 3.63) is 24.3 Å². The van der Waals surface area contributed by atoms with Crippen molar-refractivity contribution >= 4 is 17.9 Å². The first kappa shape index (κ1) is 59.8. The molecule has 364 valence electrons. The van der Waals surface area contributed by atoms with Crippen molar-refractivity contribution in [3.8, 4) is 0 Å². The van der Waals surface area contributed by atoms with E-state index < -0.39 is 18.1 Å². The Hall–Kier alpha value is -2.19. The van der Waals surface area contributed by atoms with Crippen LogP contribution < -0.4 is 5.11 Å². The highest BCUT2D eigenvalue weighted by Gasteiger charge is 2.25. The quantitative estimate of drug-likeness (QED) is 0.0260. The molecular formula is C54H101NO7. The molecule has 0 aromatic heterocycles. The monoisotopic (exact) mass is 876 g/mol. The van der Waals surface area contributed by atoms with Gasteiger partial charge in [-0.3, -0.25) is 9.59 Å². The summed E-state index contributed by atoms with van der Waals surface area (Å²) in [5, 5.41) is 11.7. The van der Waals surface area contributed by atoms with E-state index in [1.807, 2.05) is 21.1 Å². The number of likely N-dealkylation sites (N-methyl/N-ethyl adjacent to an activating group) is 1. The number of nitrogens with zero attached hydrogens (tertiary/aromatic N) is 1. The molecule has 0 heterocycles. The Kier molecular flexibility index (Phi) is 43.8. The molecule has 0 fully saturated rings. The number of esters is 2. The van der Waals surface area contributed by atoms with E-state index in [0.29, 0.717) is 12.8 Å². The summed E-state index contributed by atoms with van der Waals surface area (Å²) in [6, 6.07) is -0.725. The molecule has 0 amide bonds. The number of hydrogen-bond acceptors (Lipinski definition) is 7. The molecule has 8 heteroatoms. The molecule has 0 aliphatic rings. The lowest BCUT2D eigenvalue weighted by Gasteiger charge is -2.34. The number of aliphatic carboxylic acids is 1. The molecule has 62 heavy (non-hydrogen) atoms. The van der Waals surface area contributed by atoms with Crippen LogP contribution in [0.15, 0.2) is 24.3 Å². The number of ether oxygens (including phenoxy) is 3. The lowest BCUT2D eigenvalue weighted by atomic mass is 10.1. The number of quaternary nitrogens is 1. The Morgan fingerprint density at radius 2 is 0.806 bits per heavy atom. The summed E-state index contributed by atoms with van der Waals surface area (Å²) in [5.74, 6) is -1.73. The third-order valence-electron chi connectivity index (χ3n) is 12.1. The maximum absolute atomic E-state index is 12.8. The van der Waals surface area contributed by atoms with Crippen LogP contribution in [0.3, 0.4) is 0 Å². The van der Waals surface area contributed by atoms with E-state index in [2.05, 4.69) is 38.2 Å². The van der Waals surface area contributed by atoms with E-state index in [9.17, 15) is 19.5 Å². The van der Waals surface area contributed by atoms with Crippen LogP contribution >= 0.6 is 0 Å². The number of carbonyl (C=O) groups excluding carboxylic acids is 3. The van der Waals surface area contributed by atoms with E-state index in [0.717, 1.165) is 38.5 Å². The SMILES string of the molecule is CCCCCCCC/C=C\CCCCCCCCCC(=O)OCC(COCCC(C(=O)[O-])[N+](C)(C)C)OC(=O)CCCCCCCCCCC/C=C\CCCCCCCCCC. The highest BCUT2D eigenvalue weighted by molar-refractivity contribution is 5.70. The predicted molar refractivity (Wildman–Crippen MR) is 259 cm³/mol. The Morgan fingerprint density at radius 1 is 0.468 bits per heavy atom. The van der Waals surface area contributed by atoms with Gasteiger partial charge in [0.15, 0.2) is 6.10 Å². The molecule has 0 saturated heterocycles. The van der Waals surface area contributed by atoms with Crippen molar-refractivity contribution in [2.45, 2.75) is 264 Å². The van der Waals surface area contributed by atoms with Crippen LogP contribution in [0.5, 0.6) is 0 Å². The lowest BCUT2D eigenvalue weighted by Crippen LogP contribution is -2.55. The lowest BCUT2D eigenvalue weighted by molar-refractivity contribution is -0.889. The van der Waals surface area contributed by atoms with Gasteiger partial charge in [-0.25, -0.2) is 0 Å². The van der Waals surface area contributed by atoms with Crippen molar-refractivity contribution in [2.75, 3.05) is 41.0 Å². The minimum absolute atomic E-state index is 0.0421. The number of rotatable bonds is 48. The highest BCUT2D eigenvalue weighted by atomic mass is 16.6. The zero-order chi connectivity index (χ0) is 45.6. The Balaban J connectivity index is 4.22. The zero-order valence-electron chi connectivity index (χ0n) is 41.6. The Labute approximate surface area is 383 Å². The first-order valence-corrected chi connectivity index (χ1v) is 26.4. The van der Waals surface area contributed by atoms with Gasteiger partial charge in [-0.1, -0.05) is 192 Å². The van der Waals surface area contributed by atoms with Gasteiger partial charge in [0.05, 0.1) is 40.3 Å². The molecule has 2 atom stereocenters. The van der Waals surface area contributed by atoms with Crippen LogP contribution in [0.25, 0.3) is 0 Å². The second kappa shape index (κ2) is 45.4. The van der Waals surface area contributed by atoms with Crippen LogP contribution in [-0.2, 0) is 28.6 Å². The average Bonchev–Trinajstić information content (AvgIpc) is 3.23. The van der Waals surface area contributed by atoms with Crippen LogP contribution in [0.2, 0.25) is 0 Å². The third kappa shape index (κ3) is 43.1. The molecule has 0 N–H and O–H groups in total. The molecule has 0 rings (SSSR count). The molecule has 2 unspecified atom stereocenters. The summed E-state index contributed by atoms with van der Waals surface area (Å²) < 4.78 is 17.3. The number of carboxylic acid groups (broad SMARTS) is 1. The number of hydrogen-bond donors (Lipinski definition) is 0. The second-order valence-corrected chi connectivity index (χ2v) is 19.1. The summed E-state index contributed by atoms with van der Waals surface area (Å²) >= 11 is 0. The Morgan fingerprint density at radius 3 is 1.16 bits per heavy atom. The van der Waals surface area contributed by atoms with Crippen molar-refractivity contribution in [1.29, 1.82) is 0 Å². The minimum Gasteiger partial charge on any atom is -0.544 e. The summed E-state index contributed by atoms with van der Waals surface area (Å²) in [6.45, 7) is 4.69. The van der Waals surface area contributed by atoms with E-state index >= 15 is 0 Å². The van der Waals surface area contributed by atoms with Crippen LogP contribution in [0.1, 0.15) is 251 Å². The normalized spacial score (nSPS) is 13.0. The van der Waals surface area contributed by atoms with Gasteiger partial charge in [0, 0.05) is 19.3 Å². The molecule has 0 aliphatic carbocycles. The van der Waals surface area contributed by atoms with Crippen molar-refractivity contribution in [1.82, 2.24) is 0 Å². The average molecular weight is 876 g/mol. The molecule has 0 radical (unpaired) electrons. The van der Waals surface area contributed by atoms with Gasteiger partial charge in [-0.2, -0.15) is 0 Å². The van der Waals surface area contributed by atoms with Gasteiger partial charge < -0.3 is 28.6 Å². The Bertz CT molecular complexity index is 1070. The van der Waals surface area contributed by atoms with Crippen LogP contribution in [-0.4, -0.2) is 75.5 Å². The number of unbranched alkanes of at least 4 members (excludes halogenated alkanes) is 30. The van der Waals surface area contributed by atoms with Crippen molar-refractivity contribution < 1.29 is 38.2 Å². The number of carboxylic acids is 1. The fourth-order valence-corrected chi connectivity index (χ4v) is 7.94. The third-order valence-corrected chi connectivity index (χ3v) is 12.1. The van der Waals surface area contributed by atoms with Gasteiger partial charge in [0.2, 0.25) is 0 Å². The van der Waals surface area contributed by atoms with Gasteiger partial charge in [0.1, 0.15) is 12.6 Å². The molecular weight excluding hydrogens is 775 g/mol. The van der Waals surface area contributed by atoms with E-state index in [-0.39, 0.29) is 42.7 Å². The standard InChI is InChI=1S/C54H101NO7/c1-6-8-10-12-14-16-18-20-22-24-25-26-27-29-31-33-35-37-39-41-43-45-53(57)62-50(48-60-47-46-51(54(58)59)55(3,4)5)49-61-52(56)44-42-40-38-36-34-32-30-28-23-21-19-17-15-13-11-9-7-2/h21,23-25,50-51H,6-20,22,26-49H2,1-5H3/b23-21-,25-24-. The van der Waals surface area contributed by atoms with E-state index in [1.54, 1.807) is 0 Å². The van der Waals surface area contributed by atoms with Crippen molar-refractivity contribution in [2.24, 2.45) is 0 Å². The van der Waals surface area contributed by atoms with Gasteiger partial charge >= 0.3 is 11.9 Å². The number of allylic oxidation sites excluding steroid dienone is 4. The van der Waals surface area contributed by atoms with Gasteiger partial charge in [-0.05, 0) is 64.2 Å². The fourth-order valence-electron chi connectivity index (χ4n) is 7.94. The fraction of sp³-hybridized carbons (Fsp3) is 0.870. The number of carbonyl (C=O) groups is 3. The van der Waals surface area contributed by atoms with Crippen LogP contribution in [0.4, 0.5) is 0 Å². The minimum atomic E-state index is -1.12. The smallest absolute Gasteiger partial charge is 0.306 e. The van der Waals surface area contributed by atoms with Crippen LogP contribution in [0, 0.1) is 0 Å². The molecule has 0 aromatic carbocycles. The van der Waals surface area contributed by atoms with Gasteiger partial charge in [-0.15, -0.1) is 0 Å². The predicted octanol–water partition coefficient (Wildman–Crippen LogP) is 13.9. The molecule has 0 bridgehead atoms. The van der Waals surface area contributed by atoms with Crippen molar-refractivity contribution in [3.63, 3.8) is 0 Å². The largest absolute Gasteiger partial charge is 0.544 e. The summed E-state index contributed by atoms with van der Waals surface area (Å²) in [5.41, 5.74) is 0. The molecule has 0 aliphatic heterocycles. The summed E-state index contributed by atoms with van der Waals surface area (Å²) in [4.78, 5) is 37.0. The first-order chi connectivity index (χ1) is 30.1. The van der Waals surface area contributed by atoms with E-state index in [4.69, 9.17) is 14.2 Å². The molecule has 8 nitrogen and oxygen atoms in total. The highest BCUT2D eigenvalue weighted by Crippen LogP contribution is 2.16.